The molecule has 0 spiro atoms. The van der Waals surface area contributed by atoms with Crippen molar-refractivity contribution in [2.75, 3.05) is 18.4 Å². The van der Waals surface area contributed by atoms with Crippen molar-refractivity contribution >= 4 is 11.8 Å². The maximum absolute atomic E-state index is 12.3. The summed E-state index contributed by atoms with van der Waals surface area (Å²) in [5.41, 5.74) is 1.25. The van der Waals surface area contributed by atoms with Gasteiger partial charge in [0.05, 0.1) is 11.6 Å². The van der Waals surface area contributed by atoms with E-state index in [0.717, 1.165) is 6.42 Å². The van der Waals surface area contributed by atoms with Crippen LogP contribution in [0, 0.1) is 23.2 Å². The molecule has 2 aliphatic heterocycles. The molecule has 0 radical (unpaired) electrons. The Labute approximate surface area is 142 Å². The first kappa shape index (κ1) is 15.5. The van der Waals surface area contributed by atoms with E-state index in [1.165, 1.54) is 38.8 Å². The van der Waals surface area contributed by atoms with Gasteiger partial charge < -0.3 is 4.74 Å². The van der Waals surface area contributed by atoms with Crippen molar-refractivity contribution in [1.82, 2.24) is 4.90 Å². The van der Waals surface area contributed by atoms with E-state index in [1.54, 1.807) is 24.3 Å². The maximum Gasteiger partial charge on any atom is 0.411 e. The summed E-state index contributed by atoms with van der Waals surface area (Å²) in [5, 5.41) is 11.6. The van der Waals surface area contributed by atoms with E-state index in [9.17, 15) is 4.79 Å². The van der Waals surface area contributed by atoms with Gasteiger partial charge in [-0.05, 0) is 62.4 Å². The van der Waals surface area contributed by atoms with Gasteiger partial charge in [0.15, 0.2) is 0 Å². The van der Waals surface area contributed by atoms with Crippen LogP contribution in [0.25, 0.3) is 0 Å². The van der Waals surface area contributed by atoms with Gasteiger partial charge in [0.2, 0.25) is 0 Å². The summed E-state index contributed by atoms with van der Waals surface area (Å²) < 4.78 is 5.79. The number of piperidine rings is 2. The molecule has 3 aliphatic rings. The van der Waals surface area contributed by atoms with Crippen LogP contribution in [0.3, 0.4) is 0 Å². The van der Waals surface area contributed by atoms with Gasteiger partial charge in [0.25, 0.3) is 0 Å². The number of nitrogens with zero attached hydrogens (tertiary/aromatic N) is 2. The minimum absolute atomic E-state index is 0.0430. The van der Waals surface area contributed by atoms with E-state index in [1.807, 2.05) is 0 Å². The average Bonchev–Trinajstić information content (AvgIpc) is 2.92. The maximum atomic E-state index is 12.3. The molecule has 1 amide bonds. The van der Waals surface area contributed by atoms with E-state index in [4.69, 9.17) is 10.00 Å². The fourth-order valence-electron chi connectivity index (χ4n) is 4.80. The third kappa shape index (κ3) is 2.99. The zero-order valence-electron chi connectivity index (χ0n) is 13.8. The van der Waals surface area contributed by atoms with Crippen LogP contribution in [0.15, 0.2) is 24.3 Å². The highest BCUT2D eigenvalue weighted by Gasteiger charge is 2.48. The molecular weight excluding hydrogens is 302 g/mol. The van der Waals surface area contributed by atoms with Crippen LogP contribution in [0.4, 0.5) is 10.5 Å². The summed E-state index contributed by atoms with van der Waals surface area (Å²) >= 11 is 0. The Hall–Kier alpha value is -2.06. The molecule has 5 heteroatoms. The van der Waals surface area contributed by atoms with Crippen molar-refractivity contribution in [1.29, 1.82) is 5.26 Å². The Morgan fingerprint density at radius 1 is 1.25 bits per heavy atom. The lowest BCUT2D eigenvalue weighted by atomic mass is 9.84. The fraction of sp³-hybridized carbons (Fsp3) is 0.579. The number of hydrogen-bond donors (Lipinski definition) is 1. The molecule has 1 aromatic carbocycles. The summed E-state index contributed by atoms with van der Waals surface area (Å²) in [5.74, 6) is 1.17. The van der Waals surface area contributed by atoms with Gasteiger partial charge in [-0.1, -0.05) is 6.42 Å². The van der Waals surface area contributed by atoms with Crippen LogP contribution in [0.5, 0.6) is 0 Å². The number of rotatable bonds is 2. The first-order valence-corrected chi connectivity index (χ1v) is 8.95. The standard InChI is InChI=1S/C19H23N3O2/c20-11-13-4-6-15(7-5-13)21-19(23)24-18-10-14-9-16(18)17-3-1-2-8-22(17)12-14/h4-7,14,16-18H,1-3,8-10,12H2,(H,21,23)/t14?,16?,17-,18?/m1/s1. The van der Waals surface area contributed by atoms with Crippen molar-refractivity contribution in [2.45, 2.75) is 44.2 Å². The quantitative estimate of drug-likeness (QED) is 0.905. The second-order valence-electron chi connectivity index (χ2n) is 7.32. The number of nitriles is 1. The number of benzene rings is 1. The zero-order valence-corrected chi connectivity index (χ0v) is 13.8. The van der Waals surface area contributed by atoms with Gasteiger partial charge in [-0.3, -0.25) is 10.2 Å². The molecule has 3 fully saturated rings. The molecule has 24 heavy (non-hydrogen) atoms. The molecule has 126 valence electrons. The SMILES string of the molecule is N#Cc1ccc(NC(=O)OC2CC3CC2[C@H]2CCCCN2C3)cc1. The fourth-order valence-corrected chi connectivity index (χ4v) is 4.80. The number of fused-ring (bicyclic) bond motifs is 4. The average molecular weight is 325 g/mol. The lowest BCUT2D eigenvalue weighted by Gasteiger charge is -2.43. The van der Waals surface area contributed by atoms with Gasteiger partial charge in [-0.2, -0.15) is 5.26 Å². The number of carbonyl (C=O) groups excluding carboxylic acids is 1. The predicted molar refractivity (Wildman–Crippen MR) is 90.5 cm³/mol. The van der Waals surface area contributed by atoms with Gasteiger partial charge >= 0.3 is 6.09 Å². The summed E-state index contributed by atoms with van der Waals surface area (Å²) in [6.45, 7) is 2.39. The van der Waals surface area contributed by atoms with E-state index in [-0.39, 0.29) is 12.2 Å². The molecule has 4 rings (SSSR count). The highest BCUT2D eigenvalue weighted by molar-refractivity contribution is 5.84. The molecule has 1 saturated carbocycles. The van der Waals surface area contributed by atoms with Crippen LogP contribution in [0.2, 0.25) is 0 Å². The highest BCUT2D eigenvalue weighted by Crippen LogP contribution is 2.45. The van der Waals surface area contributed by atoms with Gasteiger partial charge in [0, 0.05) is 24.2 Å². The number of hydrogen-bond acceptors (Lipinski definition) is 4. The number of carbonyl (C=O) groups is 1. The third-order valence-electron chi connectivity index (χ3n) is 5.82. The van der Waals surface area contributed by atoms with E-state index >= 15 is 0 Å². The van der Waals surface area contributed by atoms with Crippen LogP contribution in [-0.2, 0) is 4.74 Å². The number of nitrogens with one attached hydrogen (secondary N) is 1. The molecule has 2 heterocycles. The Morgan fingerprint density at radius 3 is 2.88 bits per heavy atom. The summed E-state index contributed by atoms with van der Waals surface area (Å²) in [6, 6.07) is 9.52. The lowest BCUT2D eigenvalue weighted by Crippen LogP contribution is -2.49. The first-order valence-electron chi connectivity index (χ1n) is 8.95. The third-order valence-corrected chi connectivity index (χ3v) is 5.82. The summed E-state index contributed by atoms with van der Waals surface area (Å²) in [4.78, 5) is 14.9. The second kappa shape index (κ2) is 6.45. The monoisotopic (exact) mass is 325 g/mol. The van der Waals surface area contributed by atoms with E-state index in [2.05, 4.69) is 16.3 Å². The molecule has 2 bridgehead atoms. The van der Waals surface area contributed by atoms with Gasteiger partial charge in [0.1, 0.15) is 6.10 Å². The van der Waals surface area contributed by atoms with Crippen molar-refractivity contribution in [3.8, 4) is 6.07 Å². The van der Waals surface area contributed by atoms with Crippen LogP contribution in [0.1, 0.15) is 37.7 Å². The molecule has 1 N–H and O–H groups in total. The van der Waals surface area contributed by atoms with Crippen LogP contribution in [-0.4, -0.2) is 36.2 Å². The van der Waals surface area contributed by atoms with E-state index < -0.39 is 0 Å². The molecule has 2 saturated heterocycles. The summed E-state index contributed by atoms with van der Waals surface area (Å²) in [7, 11) is 0. The molecular formula is C19H23N3O2. The van der Waals surface area contributed by atoms with Crippen molar-refractivity contribution < 1.29 is 9.53 Å². The molecule has 5 nitrogen and oxygen atoms in total. The van der Waals surface area contributed by atoms with Crippen LogP contribution >= 0.6 is 0 Å². The topological polar surface area (TPSA) is 65.4 Å². The zero-order chi connectivity index (χ0) is 16.5. The normalized spacial score (nSPS) is 31.8. The molecule has 0 aromatic heterocycles. The van der Waals surface area contributed by atoms with Crippen molar-refractivity contribution in [2.24, 2.45) is 11.8 Å². The van der Waals surface area contributed by atoms with Crippen molar-refractivity contribution in [3.05, 3.63) is 29.8 Å². The predicted octanol–water partition coefficient (Wildman–Crippen LogP) is 3.37. The second-order valence-corrected chi connectivity index (χ2v) is 7.32. The molecule has 1 aromatic rings. The Bertz CT molecular complexity index is 652. The number of anilines is 1. The Morgan fingerprint density at radius 2 is 2.08 bits per heavy atom. The first-order chi connectivity index (χ1) is 11.7. The smallest absolute Gasteiger partial charge is 0.411 e. The lowest BCUT2D eigenvalue weighted by molar-refractivity contribution is 0.0181. The molecule has 1 aliphatic carbocycles. The number of amides is 1. The minimum atomic E-state index is -0.375. The number of ether oxygens (including phenoxy) is 1. The van der Waals surface area contributed by atoms with Crippen LogP contribution < -0.4 is 5.32 Å². The summed E-state index contributed by atoms with van der Waals surface area (Å²) in [6.07, 6.45) is 5.72. The highest BCUT2D eigenvalue weighted by atomic mass is 16.6. The van der Waals surface area contributed by atoms with Gasteiger partial charge in [-0.25, -0.2) is 4.79 Å². The van der Waals surface area contributed by atoms with Gasteiger partial charge in [-0.15, -0.1) is 0 Å². The minimum Gasteiger partial charge on any atom is -0.446 e. The molecule has 4 atom stereocenters. The Kier molecular flexibility index (Phi) is 4.15. The van der Waals surface area contributed by atoms with Crippen molar-refractivity contribution in [3.63, 3.8) is 0 Å². The molecule has 3 unspecified atom stereocenters. The van der Waals surface area contributed by atoms with E-state index in [0.29, 0.717) is 29.1 Å². The Balaban J connectivity index is 1.38. The largest absolute Gasteiger partial charge is 0.446 e.